The highest BCUT2D eigenvalue weighted by Crippen LogP contribution is 2.34. The van der Waals surface area contributed by atoms with Crippen LogP contribution >= 0.6 is 0 Å². The molecule has 1 heterocycles. The SMILES string of the molecule is CCOc1ccc2c(c1)CN(C(=O)[C@H](C)NS(=O)(=O)c1ccccc1C(F)(F)F)CC2. The quantitative estimate of drug-likeness (QED) is 0.724. The largest absolute Gasteiger partial charge is 0.494 e. The number of carbonyl (C=O) groups is 1. The first-order valence-electron chi connectivity index (χ1n) is 9.75. The monoisotopic (exact) mass is 456 g/mol. The Hall–Kier alpha value is -2.59. The summed E-state index contributed by atoms with van der Waals surface area (Å²) in [6.07, 6.45) is -4.25. The summed E-state index contributed by atoms with van der Waals surface area (Å²) in [6, 6.07) is 8.27. The van der Waals surface area contributed by atoms with Crippen LogP contribution in [-0.4, -0.2) is 38.4 Å². The molecule has 1 N–H and O–H groups in total. The van der Waals surface area contributed by atoms with Crippen molar-refractivity contribution in [3.8, 4) is 5.75 Å². The minimum atomic E-state index is -4.84. The Morgan fingerprint density at radius 2 is 1.90 bits per heavy atom. The lowest BCUT2D eigenvalue weighted by atomic mass is 9.99. The third-order valence-corrected chi connectivity index (χ3v) is 6.60. The smallest absolute Gasteiger partial charge is 0.417 e. The second kappa shape index (κ2) is 8.88. The zero-order chi connectivity index (χ0) is 22.8. The number of carbonyl (C=O) groups excluding carboxylic acids is 1. The van der Waals surface area contributed by atoms with Crippen molar-refractivity contribution < 1.29 is 31.1 Å². The van der Waals surface area contributed by atoms with E-state index >= 15 is 0 Å². The molecule has 0 bridgehead atoms. The zero-order valence-electron chi connectivity index (χ0n) is 17.1. The standard InChI is InChI=1S/C21H23F3N2O4S/c1-3-30-17-9-8-15-10-11-26(13-16(15)12-17)20(27)14(2)25-31(28,29)19-7-5-4-6-18(19)21(22,23)24/h4-9,12,14,25H,3,10-11,13H2,1-2H3/t14-/m0/s1. The summed E-state index contributed by atoms with van der Waals surface area (Å²) in [5.74, 6) is 0.161. The first kappa shape index (κ1) is 23.1. The predicted octanol–water partition coefficient (Wildman–Crippen LogP) is 3.36. The van der Waals surface area contributed by atoms with Crippen LogP contribution in [0.2, 0.25) is 0 Å². The number of benzene rings is 2. The van der Waals surface area contributed by atoms with E-state index in [2.05, 4.69) is 4.72 Å². The van der Waals surface area contributed by atoms with Crippen LogP contribution < -0.4 is 9.46 Å². The van der Waals surface area contributed by atoms with Crippen LogP contribution in [0.1, 0.15) is 30.5 Å². The Morgan fingerprint density at radius 3 is 2.58 bits per heavy atom. The second-order valence-electron chi connectivity index (χ2n) is 7.21. The van der Waals surface area contributed by atoms with E-state index in [0.29, 0.717) is 31.4 Å². The summed E-state index contributed by atoms with van der Waals surface area (Å²) in [6.45, 7) is 4.33. The Kier molecular flexibility index (Phi) is 6.61. The molecule has 0 saturated carbocycles. The molecule has 0 radical (unpaired) electrons. The summed E-state index contributed by atoms with van der Waals surface area (Å²) in [5, 5.41) is 0. The molecule has 1 aliphatic rings. The zero-order valence-corrected chi connectivity index (χ0v) is 17.9. The molecular weight excluding hydrogens is 433 g/mol. The molecule has 168 valence electrons. The van der Waals surface area contributed by atoms with Gasteiger partial charge in [-0.15, -0.1) is 0 Å². The van der Waals surface area contributed by atoms with Crippen molar-refractivity contribution in [2.45, 2.75) is 43.9 Å². The van der Waals surface area contributed by atoms with E-state index in [1.807, 2.05) is 25.1 Å². The van der Waals surface area contributed by atoms with Gasteiger partial charge in [-0.3, -0.25) is 4.79 Å². The third-order valence-electron chi connectivity index (χ3n) is 5.00. The maximum absolute atomic E-state index is 13.2. The molecule has 0 saturated heterocycles. The lowest BCUT2D eigenvalue weighted by Gasteiger charge is -2.31. The number of ether oxygens (including phenoxy) is 1. The Bertz CT molecular complexity index is 1070. The number of hydrogen-bond donors (Lipinski definition) is 1. The summed E-state index contributed by atoms with van der Waals surface area (Å²) in [4.78, 5) is 13.4. The molecular formula is C21H23F3N2O4S. The van der Waals surface area contributed by atoms with E-state index in [1.165, 1.54) is 17.9 Å². The highest BCUT2D eigenvalue weighted by molar-refractivity contribution is 7.89. The number of rotatable bonds is 6. The molecule has 10 heteroatoms. The van der Waals surface area contributed by atoms with Crippen LogP contribution in [0.3, 0.4) is 0 Å². The molecule has 2 aromatic rings. The van der Waals surface area contributed by atoms with Gasteiger partial charge in [-0.05, 0) is 55.7 Å². The van der Waals surface area contributed by atoms with E-state index in [0.717, 1.165) is 23.3 Å². The summed E-state index contributed by atoms with van der Waals surface area (Å²) < 4.78 is 72.5. The molecule has 2 aromatic carbocycles. The van der Waals surface area contributed by atoms with Gasteiger partial charge in [0.25, 0.3) is 0 Å². The third kappa shape index (κ3) is 5.19. The minimum Gasteiger partial charge on any atom is -0.494 e. The van der Waals surface area contributed by atoms with Crippen molar-refractivity contribution in [1.82, 2.24) is 9.62 Å². The highest BCUT2D eigenvalue weighted by Gasteiger charge is 2.38. The summed E-state index contributed by atoms with van der Waals surface area (Å²) in [7, 11) is -4.57. The highest BCUT2D eigenvalue weighted by atomic mass is 32.2. The molecule has 3 rings (SSSR count). The van der Waals surface area contributed by atoms with Gasteiger partial charge in [-0.25, -0.2) is 8.42 Å². The van der Waals surface area contributed by atoms with E-state index in [-0.39, 0.29) is 6.54 Å². The van der Waals surface area contributed by atoms with Crippen molar-refractivity contribution >= 4 is 15.9 Å². The summed E-state index contributed by atoms with van der Waals surface area (Å²) in [5.41, 5.74) is 0.681. The Morgan fingerprint density at radius 1 is 1.19 bits per heavy atom. The van der Waals surface area contributed by atoms with Gasteiger partial charge < -0.3 is 9.64 Å². The van der Waals surface area contributed by atoms with Gasteiger partial charge in [0, 0.05) is 13.1 Å². The predicted molar refractivity (Wildman–Crippen MR) is 108 cm³/mol. The van der Waals surface area contributed by atoms with Crippen LogP contribution in [0.25, 0.3) is 0 Å². The maximum atomic E-state index is 13.2. The van der Waals surface area contributed by atoms with E-state index in [1.54, 1.807) is 0 Å². The van der Waals surface area contributed by atoms with Gasteiger partial charge in [0.1, 0.15) is 5.75 Å². The lowest BCUT2D eigenvalue weighted by Crippen LogP contribution is -2.48. The van der Waals surface area contributed by atoms with Crippen LogP contribution in [0.4, 0.5) is 13.2 Å². The number of alkyl halides is 3. The number of fused-ring (bicyclic) bond motifs is 1. The van der Waals surface area contributed by atoms with Crippen molar-refractivity contribution in [3.63, 3.8) is 0 Å². The Labute approximate surface area is 179 Å². The normalized spacial score (nSPS) is 15.3. The van der Waals surface area contributed by atoms with Crippen molar-refractivity contribution in [1.29, 1.82) is 0 Å². The molecule has 1 amide bonds. The minimum absolute atomic E-state index is 0.264. The van der Waals surface area contributed by atoms with Crippen LogP contribution in [0.5, 0.6) is 5.75 Å². The van der Waals surface area contributed by atoms with Crippen molar-refractivity contribution in [2.75, 3.05) is 13.2 Å². The molecule has 0 unspecified atom stereocenters. The van der Waals surface area contributed by atoms with Crippen molar-refractivity contribution in [3.05, 3.63) is 59.2 Å². The Balaban J connectivity index is 1.76. The number of halogens is 3. The number of sulfonamides is 1. The molecule has 0 spiro atoms. The molecule has 0 aromatic heterocycles. The van der Waals surface area contributed by atoms with Gasteiger partial charge in [0.2, 0.25) is 15.9 Å². The number of hydrogen-bond acceptors (Lipinski definition) is 4. The van der Waals surface area contributed by atoms with Crippen LogP contribution in [0, 0.1) is 0 Å². The molecule has 6 nitrogen and oxygen atoms in total. The van der Waals surface area contributed by atoms with Gasteiger partial charge in [-0.1, -0.05) is 18.2 Å². The first-order valence-corrected chi connectivity index (χ1v) is 11.2. The average Bonchev–Trinajstić information content (AvgIpc) is 2.72. The van der Waals surface area contributed by atoms with E-state index in [9.17, 15) is 26.4 Å². The molecule has 1 aliphatic heterocycles. The number of amides is 1. The topological polar surface area (TPSA) is 75.7 Å². The first-order chi connectivity index (χ1) is 14.5. The summed E-state index contributed by atoms with van der Waals surface area (Å²) >= 11 is 0. The van der Waals surface area contributed by atoms with E-state index < -0.39 is 38.6 Å². The fraction of sp³-hybridized carbons (Fsp3) is 0.381. The number of nitrogens with zero attached hydrogens (tertiary/aromatic N) is 1. The molecule has 0 aliphatic carbocycles. The lowest BCUT2D eigenvalue weighted by molar-refractivity contribution is -0.139. The van der Waals surface area contributed by atoms with Gasteiger partial charge in [0.05, 0.1) is 23.1 Å². The molecule has 0 fully saturated rings. The van der Waals surface area contributed by atoms with Gasteiger partial charge >= 0.3 is 6.18 Å². The average molecular weight is 456 g/mol. The molecule has 31 heavy (non-hydrogen) atoms. The fourth-order valence-electron chi connectivity index (χ4n) is 3.53. The van der Waals surface area contributed by atoms with Gasteiger partial charge in [0.15, 0.2) is 0 Å². The maximum Gasteiger partial charge on any atom is 0.417 e. The van der Waals surface area contributed by atoms with Crippen LogP contribution in [-0.2, 0) is 34.0 Å². The fourth-order valence-corrected chi connectivity index (χ4v) is 4.96. The number of nitrogens with one attached hydrogen (secondary N) is 1. The molecule has 1 atom stereocenters. The van der Waals surface area contributed by atoms with Crippen molar-refractivity contribution in [2.24, 2.45) is 0 Å². The van der Waals surface area contributed by atoms with Gasteiger partial charge in [-0.2, -0.15) is 17.9 Å². The van der Waals surface area contributed by atoms with E-state index in [4.69, 9.17) is 4.74 Å². The second-order valence-corrected chi connectivity index (χ2v) is 8.89. The van der Waals surface area contributed by atoms with Crippen LogP contribution in [0.15, 0.2) is 47.4 Å².